The third kappa shape index (κ3) is 4.83. The zero-order valence-corrected chi connectivity index (χ0v) is 14.9. The maximum atomic E-state index is 12.3. The summed E-state index contributed by atoms with van der Waals surface area (Å²) in [5.74, 6) is 0. The molecule has 7 heteroatoms. The summed E-state index contributed by atoms with van der Waals surface area (Å²) in [5.41, 5.74) is -0.446. The van der Waals surface area contributed by atoms with Crippen molar-refractivity contribution in [3.63, 3.8) is 0 Å². The van der Waals surface area contributed by atoms with Gasteiger partial charge in [-0.3, -0.25) is 0 Å². The number of likely N-dealkylation sites (tertiary alicyclic amines) is 1. The molecule has 0 aliphatic carbocycles. The molecule has 1 N–H and O–H groups in total. The van der Waals surface area contributed by atoms with Crippen molar-refractivity contribution < 1.29 is 9.53 Å². The van der Waals surface area contributed by atoms with E-state index in [1.165, 1.54) is 0 Å². The Kier molecular flexibility index (Phi) is 5.26. The summed E-state index contributed by atoms with van der Waals surface area (Å²) in [6, 6.07) is 0.465. The van der Waals surface area contributed by atoms with Gasteiger partial charge in [0.05, 0.1) is 0 Å². The molecule has 6 nitrogen and oxygen atoms in total. The lowest BCUT2D eigenvalue weighted by molar-refractivity contribution is 0.0218. The van der Waals surface area contributed by atoms with Crippen molar-refractivity contribution in [2.24, 2.45) is 0 Å². The van der Waals surface area contributed by atoms with E-state index in [9.17, 15) is 4.79 Å². The van der Waals surface area contributed by atoms with Crippen molar-refractivity contribution >= 4 is 22.6 Å². The molecule has 124 valence electrons. The van der Waals surface area contributed by atoms with Crippen LogP contribution in [0.5, 0.6) is 0 Å². The number of amides is 1. The molecule has 0 bridgehead atoms. The van der Waals surface area contributed by atoms with Crippen molar-refractivity contribution in [2.45, 2.75) is 71.6 Å². The number of anilines is 1. The number of hydrogen-bond acceptors (Lipinski definition) is 6. The van der Waals surface area contributed by atoms with Crippen LogP contribution in [0, 0.1) is 6.92 Å². The Bertz CT molecular complexity index is 512. The van der Waals surface area contributed by atoms with Crippen LogP contribution in [0.3, 0.4) is 0 Å². The van der Waals surface area contributed by atoms with E-state index in [-0.39, 0.29) is 18.2 Å². The Hall–Kier alpha value is -1.37. The van der Waals surface area contributed by atoms with Gasteiger partial charge in [-0.25, -0.2) is 4.79 Å². The van der Waals surface area contributed by atoms with Gasteiger partial charge in [-0.2, -0.15) is 0 Å². The molecular formula is C15H26N4O2S. The van der Waals surface area contributed by atoms with Crippen molar-refractivity contribution in [3.05, 3.63) is 5.01 Å². The average molecular weight is 326 g/mol. The number of ether oxygens (including phenoxy) is 1. The quantitative estimate of drug-likeness (QED) is 0.918. The number of carbonyl (C=O) groups is 1. The Morgan fingerprint density at radius 3 is 2.82 bits per heavy atom. The van der Waals surface area contributed by atoms with Gasteiger partial charge >= 0.3 is 6.09 Å². The predicted octanol–water partition coefficient (Wildman–Crippen LogP) is 3.44. The molecule has 2 heterocycles. The van der Waals surface area contributed by atoms with Gasteiger partial charge in [-0.15, -0.1) is 10.2 Å². The number of rotatable bonds is 4. The molecule has 1 aliphatic rings. The van der Waals surface area contributed by atoms with Gasteiger partial charge in [0.15, 0.2) is 0 Å². The molecule has 1 fully saturated rings. The monoisotopic (exact) mass is 326 g/mol. The van der Waals surface area contributed by atoms with Crippen molar-refractivity contribution in [3.8, 4) is 0 Å². The van der Waals surface area contributed by atoms with E-state index in [4.69, 9.17) is 4.74 Å². The second-order valence-electron chi connectivity index (χ2n) is 6.88. The van der Waals surface area contributed by atoms with E-state index >= 15 is 0 Å². The zero-order valence-electron chi connectivity index (χ0n) is 14.0. The molecule has 1 aromatic heterocycles. The number of aromatic nitrogens is 2. The minimum Gasteiger partial charge on any atom is -0.444 e. The molecule has 2 unspecified atom stereocenters. The topological polar surface area (TPSA) is 67.4 Å². The summed E-state index contributed by atoms with van der Waals surface area (Å²) in [6.07, 6.45) is 2.75. The summed E-state index contributed by atoms with van der Waals surface area (Å²) in [6.45, 7) is 10.5. The highest BCUT2D eigenvalue weighted by atomic mass is 32.1. The zero-order chi connectivity index (χ0) is 16.3. The third-order valence-electron chi connectivity index (χ3n) is 3.53. The molecule has 0 spiro atoms. The minimum atomic E-state index is -0.446. The fraction of sp³-hybridized carbons (Fsp3) is 0.800. The van der Waals surface area contributed by atoms with Gasteiger partial charge in [-0.1, -0.05) is 11.3 Å². The van der Waals surface area contributed by atoms with Crippen LogP contribution in [0.25, 0.3) is 0 Å². The molecule has 1 amide bonds. The lowest BCUT2D eigenvalue weighted by atomic mass is 10.1. The van der Waals surface area contributed by atoms with E-state index in [1.807, 2.05) is 32.6 Å². The summed E-state index contributed by atoms with van der Waals surface area (Å²) >= 11 is 1.55. The molecule has 2 atom stereocenters. The highest BCUT2D eigenvalue weighted by Gasteiger charge is 2.32. The average Bonchev–Trinajstić information content (AvgIpc) is 2.96. The fourth-order valence-electron chi connectivity index (χ4n) is 2.67. The maximum Gasteiger partial charge on any atom is 0.410 e. The van der Waals surface area contributed by atoms with Crippen LogP contribution >= 0.6 is 11.3 Å². The summed E-state index contributed by atoms with van der Waals surface area (Å²) in [5, 5.41) is 13.2. The van der Waals surface area contributed by atoms with E-state index in [1.54, 1.807) is 11.3 Å². The summed E-state index contributed by atoms with van der Waals surface area (Å²) < 4.78 is 5.50. The van der Waals surface area contributed by atoms with Gasteiger partial charge in [-0.05, 0) is 53.9 Å². The molecule has 0 saturated carbocycles. The number of aryl methyl sites for hydroxylation is 1. The maximum absolute atomic E-state index is 12.3. The number of nitrogens with one attached hydrogen (secondary N) is 1. The van der Waals surface area contributed by atoms with Crippen LogP contribution in [0.2, 0.25) is 0 Å². The standard InChI is InChI=1S/C15H26N4O2S/c1-10(16-13-18-17-11(2)22-13)9-12-7-6-8-19(12)14(20)21-15(3,4)5/h10,12H,6-9H2,1-5H3,(H,16,18). The van der Waals surface area contributed by atoms with E-state index in [0.717, 1.165) is 35.9 Å². The van der Waals surface area contributed by atoms with Crippen molar-refractivity contribution in [1.82, 2.24) is 15.1 Å². The Balaban J connectivity index is 1.89. The Labute approximate surface area is 136 Å². The molecule has 0 aromatic carbocycles. The van der Waals surface area contributed by atoms with Gasteiger partial charge in [0, 0.05) is 18.6 Å². The molecule has 22 heavy (non-hydrogen) atoms. The third-order valence-corrected chi connectivity index (χ3v) is 4.30. The second-order valence-corrected chi connectivity index (χ2v) is 8.06. The normalized spacial score (nSPS) is 20.0. The van der Waals surface area contributed by atoms with Crippen molar-refractivity contribution in [2.75, 3.05) is 11.9 Å². The van der Waals surface area contributed by atoms with Crippen molar-refractivity contribution in [1.29, 1.82) is 0 Å². The SMILES string of the molecule is Cc1nnc(NC(C)CC2CCCN2C(=O)OC(C)(C)C)s1. The molecule has 2 rings (SSSR count). The van der Waals surface area contributed by atoms with E-state index in [2.05, 4.69) is 22.4 Å². The largest absolute Gasteiger partial charge is 0.444 e. The van der Waals surface area contributed by atoms with Crippen LogP contribution < -0.4 is 5.32 Å². The number of carbonyl (C=O) groups excluding carboxylic acids is 1. The van der Waals surface area contributed by atoms with Gasteiger partial charge in [0.25, 0.3) is 0 Å². The highest BCUT2D eigenvalue weighted by Crippen LogP contribution is 2.25. The van der Waals surface area contributed by atoms with Crippen LogP contribution in [-0.4, -0.2) is 45.4 Å². The van der Waals surface area contributed by atoms with Gasteiger partial charge in [0.2, 0.25) is 5.13 Å². The second kappa shape index (κ2) is 6.81. The molecule has 1 aromatic rings. The lowest BCUT2D eigenvalue weighted by Gasteiger charge is -2.30. The first kappa shape index (κ1) is 17.0. The molecule has 0 radical (unpaired) electrons. The highest BCUT2D eigenvalue weighted by molar-refractivity contribution is 7.15. The summed E-state index contributed by atoms with van der Waals surface area (Å²) in [4.78, 5) is 14.1. The van der Waals surface area contributed by atoms with Crippen LogP contribution in [0.15, 0.2) is 0 Å². The van der Waals surface area contributed by atoms with Crippen LogP contribution in [-0.2, 0) is 4.74 Å². The van der Waals surface area contributed by atoms with Gasteiger partial charge in [0.1, 0.15) is 10.6 Å². The lowest BCUT2D eigenvalue weighted by Crippen LogP contribution is -2.41. The minimum absolute atomic E-state index is 0.200. The van der Waals surface area contributed by atoms with Gasteiger partial charge < -0.3 is 15.0 Å². The first-order chi connectivity index (χ1) is 10.2. The van der Waals surface area contributed by atoms with E-state index < -0.39 is 5.60 Å². The number of hydrogen-bond donors (Lipinski definition) is 1. The Morgan fingerprint density at radius 1 is 1.50 bits per heavy atom. The number of nitrogens with zero attached hydrogens (tertiary/aromatic N) is 3. The molecule has 1 saturated heterocycles. The van der Waals surface area contributed by atoms with Crippen LogP contribution in [0.4, 0.5) is 9.93 Å². The Morgan fingerprint density at radius 2 is 2.23 bits per heavy atom. The van der Waals surface area contributed by atoms with Crippen LogP contribution in [0.1, 0.15) is 52.0 Å². The smallest absolute Gasteiger partial charge is 0.410 e. The molecule has 1 aliphatic heterocycles. The fourth-order valence-corrected chi connectivity index (χ4v) is 3.38. The predicted molar refractivity (Wildman–Crippen MR) is 88.3 cm³/mol. The van der Waals surface area contributed by atoms with E-state index in [0.29, 0.717) is 0 Å². The summed E-state index contributed by atoms with van der Waals surface area (Å²) in [7, 11) is 0. The first-order valence-corrected chi connectivity index (χ1v) is 8.62. The molecular weight excluding hydrogens is 300 g/mol. The first-order valence-electron chi connectivity index (χ1n) is 7.81.